The van der Waals surface area contributed by atoms with Crippen molar-refractivity contribution >= 4 is 0 Å². The molecule has 12 heavy (non-hydrogen) atoms. The van der Waals surface area contributed by atoms with Crippen LogP contribution in [0.5, 0.6) is 0 Å². The van der Waals surface area contributed by atoms with E-state index in [1.54, 1.807) is 7.05 Å². The van der Waals surface area contributed by atoms with Crippen LogP contribution in [0.15, 0.2) is 0 Å². The molecule has 0 radical (unpaired) electrons. The van der Waals surface area contributed by atoms with Crippen LogP contribution < -0.4 is 5.32 Å². The highest BCUT2D eigenvalue weighted by Crippen LogP contribution is 2.58. The first kappa shape index (κ1) is 8.31. The van der Waals surface area contributed by atoms with E-state index in [0.717, 1.165) is 0 Å². The molecule has 2 bridgehead atoms. The van der Waals surface area contributed by atoms with Crippen LogP contribution in [0.1, 0.15) is 12.8 Å². The number of nitrogens with one attached hydrogen (secondary N) is 1. The zero-order valence-electron chi connectivity index (χ0n) is 6.66. The molecule has 0 aromatic carbocycles. The molecule has 0 aromatic rings. The first-order valence-electron chi connectivity index (χ1n) is 3.83. The van der Waals surface area contributed by atoms with E-state index in [1.807, 2.05) is 0 Å². The second-order valence-corrected chi connectivity index (χ2v) is 3.66. The van der Waals surface area contributed by atoms with Crippen molar-refractivity contribution in [3.63, 3.8) is 0 Å². The molecular weight excluding hydrogens is 171 g/mol. The molecule has 0 aromatic heterocycles. The Balaban J connectivity index is 2.14. The van der Waals surface area contributed by atoms with Crippen LogP contribution in [-0.4, -0.2) is 31.0 Å². The van der Waals surface area contributed by atoms with E-state index in [9.17, 15) is 13.2 Å². The van der Waals surface area contributed by atoms with E-state index < -0.39 is 17.3 Å². The topological polar surface area (TPSA) is 21.3 Å². The summed E-state index contributed by atoms with van der Waals surface area (Å²) >= 11 is 0. The van der Waals surface area contributed by atoms with Crippen LogP contribution >= 0.6 is 0 Å². The lowest BCUT2D eigenvalue weighted by atomic mass is 9.68. The molecule has 3 fully saturated rings. The van der Waals surface area contributed by atoms with Gasteiger partial charge in [-0.15, -0.1) is 0 Å². The summed E-state index contributed by atoms with van der Waals surface area (Å²) in [7, 11) is 1.68. The third-order valence-corrected chi connectivity index (χ3v) is 2.92. The van der Waals surface area contributed by atoms with Crippen molar-refractivity contribution in [2.75, 3.05) is 13.7 Å². The predicted octanol–water partition coefficient (Wildman–Crippen LogP) is 1.07. The summed E-state index contributed by atoms with van der Waals surface area (Å²) < 4.78 is 41.8. The largest absolute Gasteiger partial charge is 0.417 e. The standard InChI is InChI=1S/C7H10F3NO/c1-11-5-2-6(3-5,12-4-5)7(8,9)10/h11H,2-4H2,1H3. The molecule has 2 saturated heterocycles. The van der Waals surface area contributed by atoms with Gasteiger partial charge >= 0.3 is 6.18 Å². The second kappa shape index (κ2) is 1.96. The third kappa shape index (κ3) is 0.781. The van der Waals surface area contributed by atoms with E-state index in [0.29, 0.717) is 0 Å². The Bertz CT molecular complexity index is 207. The van der Waals surface area contributed by atoms with Gasteiger partial charge in [0.05, 0.1) is 6.61 Å². The highest BCUT2D eigenvalue weighted by Gasteiger charge is 2.73. The molecule has 70 valence electrons. The lowest BCUT2D eigenvalue weighted by Crippen LogP contribution is -2.62. The molecule has 0 amide bonds. The normalized spacial score (nSPS) is 46.0. The minimum Gasteiger partial charge on any atom is -0.363 e. The molecule has 0 spiro atoms. The van der Waals surface area contributed by atoms with Crippen molar-refractivity contribution in [2.24, 2.45) is 0 Å². The van der Waals surface area contributed by atoms with E-state index in [-0.39, 0.29) is 19.4 Å². The first-order valence-corrected chi connectivity index (χ1v) is 3.83. The fourth-order valence-corrected chi connectivity index (χ4v) is 2.05. The molecule has 0 unspecified atom stereocenters. The van der Waals surface area contributed by atoms with E-state index in [2.05, 4.69) is 5.32 Å². The quantitative estimate of drug-likeness (QED) is 0.653. The van der Waals surface area contributed by atoms with Crippen molar-refractivity contribution in [1.82, 2.24) is 5.32 Å². The summed E-state index contributed by atoms with van der Waals surface area (Å²) in [5.74, 6) is 0. The monoisotopic (exact) mass is 181 g/mol. The molecule has 3 aliphatic rings. The number of likely N-dealkylation sites (N-methyl/N-ethyl adjacent to an activating group) is 1. The number of rotatable bonds is 1. The molecular formula is C7H10F3NO. The number of halogens is 3. The Kier molecular flexibility index (Phi) is 1.36. The number of hydrogen-bond acceptors (Lipinski definition) is 2. The average molecular weight is 181 g/mol. The first-order chi connectivity index (χ1) is 5.43. The summed E-state index contributed by atoms with van der Waals surface area (Å²) in [4.78, 5) is 0. The summed E-state index contributed by atoms with van der Waals surface area (Å²) in [6, 6.07) is 0. The molecule has 3 rings (SSSR count). The van der Waals surface area contributed by atoms with Gasteiger partial charge in [0.2, 0.25) is 0 Å². The fraction of sp³-hybridized carbons (Fsp3) is 1.00. The number of hydrogen-bond donors (Lipinski definition) is 1. The molecule has 0 atom stereocenters. The molecule has 2 aliphatic heterocycles. The highest BCUT2D eigenvalue weighted by atomic mass is 19.4. The van der Waals surface area contributed by atoms with Crippen LogP contribution in [0.4, 0.5) is 13.2 Å². The molecule has 1 aliphatic carbocycles. The van der Waals surface area contributed by atoms with E-state index >= 15 is 0 Å². The SMILES string of the molecule is CNC12COC(C(F)(F)F)(C1)C2. The Hall–Kier alpha value is -0.290. The van der Waals surface area contributed by atoms with Gasteiger partial charge in [-0.3, -0.25) is 0 Å². The Morgan fingerprint density at radius 2 is 1.92 bits per heavy atom. The van der Waals surface area contributed by atoms with E-state index in [4.69, 9.17) is 4.74 Å². The van der Waals surface area contributed by atoms with Gasteiger partial charge in [-0.25, -0.2) is 0 Å². The third-order valence-electron chi connectivity index (χ3n) is 2.92. The smallest absolute Gasteiger partial charge is 0.363 e. The minimum absolute atomic E-state index is 0.0694. The van der Waals surface area contributed by atoms with E-state index in [1.165, 1.54) is 0 Å². The van der Waals surface area contributed by atoms with Gasteiger partial charge in [-0.1, -0.05) is 0 Å². The van der Waals surface area contributed by atoms with Gasteiger partial charge in [0.1, 0.15) is 0 Å². The molecule has 2 heterocycles. The minimum atomic E-state index is -4.20. The van der Waals surface area contributed by atoms with Crippen LogP contribution in [0, 0.1) is 0 Å². The molecule has 2 nitrogen and oxygen atoms in total. The van der Waals surface area contributed by atoms with Gasteiger partial charge in [0.25, 0.3) is 0 Å². The van der Waals surface area contributed by atoms with Gasteiger partial charge in [-0.2, -0.15) is 13.2 Å². The van der Waals surface area contributed by atoms with Crippen LogP contribution in [0.2, 0.25) is 0 Å². The van der Waals surface area contributed by atoms with Crippen molar-refractivity contribution in [3.05, 3.63) is 0 Å². The number of alkyl halides is 3. The summed E-state index contributed by atoms with van der Waals surface area (Å²) in [6.07, 6.45) is -4.07. The van der Waals surface area contributed by atoms with Gasteiger partial charge in [-0.05, 0) is 7.05 Å². The molecule has 1 saturated carbocycles. The molecule has 1 N–H and O–H groups in total. The zero-order chi connectivity index (χ0) is 9.04. The Labute approximate surface area is 68.1 Å². The van der Waals surface area contributed by atoms with Crippen molar-refractivity contribution < 1.29 is 17.9 Å². The van der Waals surface area contributed by atoms with Crippen molar-refractivity contribution in [1.29, 1.82) is 0 Å². The Morgan fingerprint density at radius 3 is 2.17 bits per heavy atom. The summed E-state index contributed by atoms with van der Waals surface area (Å²) in [6.45, 7) is 0.184. The summed E-state index contributed by atoms with van der Waals surface area (Å²) in [5.41, 5.74) is -2.22. The number of fused-ring (bicyclic) bond motifs is 1. The predicted molar refractivity (Wildman–Crippen MR) is 35.8 cm³/mol. The second-order valence-electron chi connectivity index (χ2n) is 3.66. The fourth-order valence-electron chi connectivity index (χ4n) is 2.05. The average Bonchev–Trinajstić information content (AvgIpc) is 2.37. The van der Waals surface area contributed by atoms with Crippen molar-refractivity contribution in [2.45, 2.75) is 30.2 Å². The lowest BCUT2D eigenvalue weighted by Gasteiger charge is -2.44. The van der Waals surface area contributed by atoms with Crippen LogP contribution in [-0.2, 0) is 4.74 Å². The Morgan fingerprint density at radius 1 is 1.33 bits per heavy atom. The summed E-state index contributed by atoms with van der Waals surface area (Å²) in [5, 5.41) is 2.88. The van der Waals surface area contributed by atoms with Crippen LogP contribution in [0.3, 0.4) is 0 Å². The zero-order valence-corrected chi connectivity index (χ0v) is 6.66. The van der Waals surface area contributed by atoms with Gasteiger partial charge in [0.15, 0.2) is 5.60 Å². The molecule has 5 heteroatoms. The lowest BCUT2D eigenvalue weighted by molar-refractivity contribution is -0.273. The van der Waals surface area contributed by atoms with Crippen LogP contribution in [0.25, 0.3) is 0 Å². The van der Waals surface area contributed by atoms with Gasteiger partial charge in [0, 0.05) is 18.4 Å². The van der Waals surface area contributed by atoms with Crippen molar-refractivity contribution in [3.8, 4) is 0 Å². The number of ether oxygens (including phenoxy) is 1. The van der Waals surface area contributed by atoms with Gasteiger partial charge < -0.3 is 10.1 Å². The maximum absolute atomic E-state index is 12.3. The maximum atomic E-state index is 12.3. The highest BCUT2D eigenvalue weighted by molar-refractivity contribution is 5.19. The maximum Gasteiger partial charge on any atom is 0.417 e.